The predicted octanol–water partition coefficient (Wildman–Crippen LogP) is 6.71. The molecule has 5 heteroatoms. The quantitative estimate of drug-likeness (QED) is 0.205. The summed E-state index contributed by atoms with van der Waals surface area (Å²) in [7, 11) is 0. The molecule has 0 atom stereocenters. The van der Waals surface area contributed by atoms with Gasteiger partial charge >= 0.3 is 5.97 Å². The van der Waals surface area contributed by atoms with Crippen molar-refractivity contribution in [2.45, 2.75) is 17.6 Å². The Hall–Kier alpha value is -2.82. The number of thioether (sulfide) groups is 1. The minimum Gasteiger partial charge on any atom is -0.421 e. The van der Waals surface area contributed by atoms with Gasteiger partial charge in [0.1, 0.15) is 5.52 Å². The fraction of sp³-hybridized carbons (Fsp3) is 0.0833. The number of nitrogens with zero attached hydrogens (tertiary/aromatic N) is 1. The SMILES string of the molecule is Cc1ccc2cccc(OC(=O)c3ccc(CSc4ccc(Cl)cc4)cc3)c2n1. The lowest BCUT2D eigenvalue weighted by Crippen LogP contribution is -2.09. The highest BCUT2D eigenvalue weighted by Crippen LogP contribution is 2.26. The lowest BCUT2D eigenvalue weighted by atomic mass is 10.1. The van der Waals surface area contributed by atoms with Crippen molar-refractivity contribution in [1.82, 2.24) is 4.98 Å². The zero-order valence-corrected chi connectivity index (χ0v) is 17.3. The molecule has 0 N–H and O–H groups in total. The number of ether oxygens (including phenoxy) is 1. The second-order valence-corrected chi connectivity index (χ2v) is 8.09. The molecule has 0 aliphatic heterocycles. The Morgan fingerprint density at radius 1 is 0.966 bits per heavy atom. The van der Waals surface area contributed by atoms with E-state index in [0.29, 0.717) is 16.8 Å². The summed E-state index contributed by atoms with van der Waals surface area (Å²) in [6.45, 7) is 1.92. The van der Waals surface area contributed by atoms with Crippen LogP contribution in [0.4, 0.5) is 0 Å². The van der Waals surface area contributed by atoms with Crippen molar-refractivity contribution in [3.05, 3.63) is 101 Å². The van der Waals surface area contributed by atoms with Crippen LogP contribution in [-0.4, -0.2) is 11.0 Å². The lowest BCUT2D eigenvalue weighted by Gasteiger charge is -2.08. The molecule has 1 heterocycles. The van der Waals surface area contributed by atoms with Crippen LogP contribution < -0.4 is 4.74 Å². The van der Waals surface area contributed by atoms with Crippen molar-refractivity contribution < 1.29 is 9.53 Å². The van der Waals surface area contributed by atoms with Gasteiger partial charge in [0.15, 0.2) is 5.75 Å². The molecule has 4 rings (SSSR count). The monoisotopic (exact) mass is 419 g/mol. The van der Waals surface area contributed by atoms with Crippen molar-refractivity contribution in [2.75, 3.05) is 0 Å². The fourth-order valence-corrected chi connectivity index (χ4v) is 3.87. The van der Waals surface area contributed by atoms with Gasteiger partial charge in [0.05, 0.1) is 5.56 Å². The molecular formula is C24H18ClNO2S. The van der Waals surface area contributed by atoms with E-state index in [9.17, 15) is 4.79 Å². The van der Waals surface area contributed by atoms with Crippen molar-refractivity contribution in [3.8, 4) is 5.75 Å². The van der Waals surface area contributed by atoms with Crippen LogP contribution in [0.3, 0.4) is 0 Å². The molecule has 4 aromatic rings. The van der Waals surface area contributed by atoms with Gasteiger partial charge in [-0.25, -0.2) is 9.78 Å². The topological polar surface area (TPSA) is 39.2 Å². The van der Waals surface area contributed by atoms with E-state index in [1.165, 1.54) is 0 Å². The minimum atomic E-state index is -0.391. The molecule has 0 radical (unpaired) electrons. The number of rotatable bonds is 5. The molecule has 3 nitrogen and oxygen atoms in total. The number of para-hydroxylation sites is 1. The number of halogens is 1. The maximum Gasteiger partial charge on any atom is 0.343 e. The summed E-state index contributed by atoms with van der Waals surface area (Å²) >= 11 is 7.64. The van der Waals surface area contributed by atoms with E-state index in [-0.39, 0.29) is 0 Å². The van der Waals surface area contributed by atoms with E-state index in [1.807, 2.05) is 67.6 Å². The largest absolute Gasteiger partial charge is 0.421 e. The average Bonchev–Trinajstić information content (AvgIpc) is 2.74. The first-order chi connectivity index (χ1) is 14.1. The molecule has 0 saturated heterocycles. The van der Waals surface area contributed by atoms with Crippen LogP contribution in [0.2, 0.25) is 5.02 Å². The maximum atomic E-state index is 12.6. The van der Waals surface area contributed by atoms with E-state index in [0.717, 1.165) is 32.3 Å². The first-order valence-corrected chi connectivity index (χ1v) is 10.5. The molecule has 0 aliphatic carbocycles. The summed E-state index contributed by atoms with van der Waals surface area (Å²) in [5.41, 5.74) is 3.21. The number of hydrogen-bond acceptors (Lipinski definition) is 4. The summed E-state index contributed by atoms with van der Waals surface area (Å²) in [6.07, 6.45) is 0. The van der Waals surface area contributed by atoms with Crippen LogP contribution in [0.25, 0.3) is 10.9 Å². The van der Waals surface area contributed by atoms with Crippen molar-refractivity contribution in [2.24, 2.45) is 0 Å². The van der Waals surface area contributed by atoms with Gasteiger partial charge in [0.25, 0.3) is 0 Å². The summed E-state index contributed by atoms with van der Waals surface area (Å²) < 4.78 is 5.63. The Bertz CT molecular complexity index is 1160. The van der Waals surface area contributed by atoms with Gasteiger partial charge in [-0.15, -0.1) is 11.8 Å². The molecule has 0 aliphatic rings. The number of benzene rings is 3. The standard InChI is InChI=1S/C24H18ClNO2S/c1-16-5-8-18-3-2-4-22(23(18)26-16)28-24(27)19-9-6-17(7-10-19)15-29-21-13-11-20(25)12-14-21/h2-14H,15H2,1H3. The molecule has 0 spiro atoms. The molecule has 3 aromatic carbocycles. The number of hydrogen-bond donors (Lipinski definition) is 0. The van der Waals surface area contributed by atoms with Crippen LogP contribution in [-0.2, 0) is 5.75 Å². The zero-order chi connectivity index (χ0) is 20.2. The maximum absolute atomic E-state index is 12.6. The molecular weight excluding hydrogens is 402 g/mol. The molecule has 0 amide bonds. The van der Waals surface area contributed by atoms with Crippen molar-refractivity contribution in [1.29, 1.82) is 0 Å². The molecule has 0 saturated carbocycles. The normalized spacial score (nSPS) is 10.8. The summed E-state index contributed by atoms with van der Waals surface area (Å²) in [5, 5.41) is 1.67. The number of aromatic nitrogens is 1. The van der Waals surface area contributed by atoms with E-state index in [1.54, 1.807) is 30.0 Å². The number of esters is 1. The van der Waals surface area contributed by atoms with Crippen LogP contribution in [0, 0.1) is 6.92 Å². The summed E-state index contributed by atoms with van der Waals surface area (Å²) in [5.74, 6) is 0.889. The number of pyridine rings is 1. The number of fused-ring (bicyclic) bond motifs is 1. The lowest BCUT2D eigenvalue weighted by molar-refractivity contribution is 0.0737. The van der Waals surface area contributed by atoms with Gasteiger partial charge in [-0.2, -0.15) is 0 Å². The highest BCUT2D eigenvalue weighted by molar-refractivity contribution is 7.98. The second-order valence-electron chi connectivity index (χ2n) is 6.61. The third-order valence-electron chi connectivity index (χ3n) is 4.43. The average molecular weight is 420 g/mol. The zero-order valence-electron chi connectivity index (χ0n) is 15.8. The van der Waals surface area contributed by atoms with E-state index in [4.69, 9.17) is 16.3 Å². The Kier molecular flexibility index (Phi) is 5.84. The van der Waals surface area contributed by atoms with Gasteiger partial charge in [0.2, 0.25) is 0 Å². The summed E-state index contributed by atoms with van der Waals surface area (Å²) in [6, 6.07) is 24.7. The third kappa shape index (κ3) is 4.78. The molecule has 0 unspecified atom stereocenters. The summed E-state index contributed by atoms with van der Waals surface area (Å²) in [4.78, 5) is 18.3. The second kappa shape index (κ2) is 8.68. The number of carbonyl (C=O) groups excluding carboxylic acids is 1. The predicted molar refractivity (Wildman–Crippen MR) is 119 cm³/mol. The van der Waals surface area contributed by atoms with Crippen LogP contribution in [0.1, 0.15) is 21.6 Å². The molecule has 1 aromatic heterocycles. The molecule has 0 bridgehead atoms. The van der Waals surface area contributed by atoms with Crippen molar-refractivity contribution in [3.63, 3.8) is 0 Å². The van der Waals surface area contributed by atoms with Gasteiger partial charge < -0.3 is 4.74 Å². The van der Waals surface area contributed by atoms with Crippen molar-refractivity contribution >= 4 is 40.2 Å². The Labute approximate surface area is 178 Å². The van der Waals surface area contributed by atoms with Gasteiger partial charge in [-0.1, -0.05) is 41.9 Å². The van der Waals surface area contributed by atoms with Gasteiger partial charge in [0, 0.05) is 26.8 Å². The van der Waals surface area contributed by atoms with Crippen LogP contribution in [0.15, 0.2) is 83.8 Å². The van der Waals surface area contributed by atoms with E-state index >= 15 is 0 Å². The highest BCUT2D eigenvalue weighted by Gasteiger charge is 2.12. The Morgan fingerprint density at radius 3 is 2.48 bits per heavy atom. The Balaban J connectivity index is 1.44. The van der Waals surface area contributed by atoms with E-state index in [2.05, 4.69) is 4.98 Å². The highest BCUT2D eigenvalue weighted by atomic mass is 35.5. The Morgan fingerprint density at radius 2 is 1.72 bits per heavy atom. The van der Waals surface area contributed by atoms with Gasteiger partial charge in [-0.3, -0.25) is 0 Å². The molecule has 29 heavy (non-hydrogen) atoms. The minimum absolute atomic E-state index is 0.391. The molecule has 144 valence electrons. The number of carbonyl (C=O) groups is 1. The number of aryl methyl sites for hydroxylation is 1. The first-order valence-electron chi connectivity index (χ1n) is 9.14. The van der Waals surface area contributed by atoms with Crippen LogP contribution >= 0.6 is 23.4 Å². The molecule has 0 fully saturated rings. The van der Waals surface area contributed by atoms with E-state index < -0.39 is 5.97 Å². The van der Waals surface area contributed by atoms with Gasteiger partial charge in [-0.05, 0) is 61.0 Å². The smallest absolute Gasteiger partial charge is 0.343 e. The van der Waals surface area contributed by atoms with Crippen LogP contribution in [0.5, 0.6) is 5.75 Å². The third-order valence-corrected chi connectivity index (χ3v) is 5.77. The first kappa shape index (κ1) is 19.5. The fourth-order valence-electron chi connectivity index (χ4n) is 2.89.